The van der Waals surface area contributed by atoms with Gasteiger partial charge in [-0.2, -0.15) is 0 Å². The number of aryl methyl sites for hydroxylation is 1. The molecule has 4 fully saturated rings. The van der Waals surface area contributed by atoms with Crippen LogP contribution in [0.2, 0.25) is 0 Å². The van der Waals surface area contributed by atoms with Crippen LogP contribution in [0.5, 0.6) is 5.75 Å². The molecule has 3 saturated heterocycles. The smallest absolute Gasteiger partial charge is 0.261 e. The fourth-order valence-electron chi connectivity index (χ4n) is 5.20. The van der Waals surface area contributed by atoms with Crippen LogP contribution in [0.25, 0.3) is 10.1 Å². The largest absolute Gasteiger partial charge is 0.489 e. The summed E-state index contributed by atoms with van der Waals surface area (Å²) in [5.41, 5.74) is 1.40. The molecule has 1 aliphatic carbocycles. The second-order valence-corrected chi connectivity index (χ2v) is 9.84. The van der Waals surface area contributed by atoms with E-state index in [1.165, 1.54) is 38.8 Å². The van der Waals surface area contributed by atoms with Gasteiger partial charge < -0.3 is 10.1 Å². The maximum Gasteiger partial charge on any atom is 0.261 e. The normalized spacial score (nSPS) is 28.1. The zero-order valence-electron chi connectivity index (χ0n) is 16.4. The van der Waals surface area contributed by atoms with Crippen LogP contribution in [0.15, 0.2) is 18.2 Å². The van der Waals surface area contributed by atoms with Crippen molar-refractivity contribution < 1.29 is 9.53 Å². The molecule has 1 aromatic heterocycles. The van der Waals surface area contributed by atoms with Crippen molar-refractivity contribution in [2.75, 3.05) is 13.1 Å². The van der Waals surface area contributed by atoms with E-state index in [2.05, 4.69) is 29.3 Å². The predicted molar refractivity (Wildman–Crippen MR) is 110 cm³/mol. The summed E-state index contributed by atoms with van der Waals surface area (Å²) < 4.78 is 7.14. The van der Waals surface area contributed by atoms with Gasteiger partial charge >= 0.3 is 0 Å². The molecule has 2 aromatic rings. The molecule has 4 nitrogen and oxygen atoms in total. The Labute approximate surface area is 164 Å². The minimum Gasteiger partial charge on any atom is -0.489 e. The fraction of sp³-hybridized carbons (Fsp3) is 0.591. The van der Waals surface area contributed by atoms with Crippen molar-refractivity contribution in [3.63, 3.8) is 0 Å². The van der Waals surface area contributed by atoms with Crippen LogP contribution in [0.4, 0.5) is 0 Å². The Morgan fingerprint density at radius 3 is 2.70 bits per heavy atom. The lowest BCUT2D eigenvalue weighted by atomic mass is 9.77. The first kappa shape index (κ1) is 17.5. The van der Waals surface area contributed by atoms with Crippen molar-refractivity contribution in [3.05, 3.63) is 28.6 Å². The van der Waals surface area contributed by atoms with Gasteiger partial charge in [0.25, 0.3) is 5.91 Å². The monoisotopic (exact) mass is 384 g/mol. The van der Waals surface area contributed by atoms with Gasteiger partial charge in [-0.3, -0.25) is 9.69 Å². The average molecular weight is 385 g/mol. The zero-order valence-corrected chi connectivity index (χ0v) is 17.2. The SMILES string of the molecule is Cc1ccc2cc(C(=O)N[C@H]3C4CCN(CC4)C34CC4)sc2c1OC(C)C. The third-order valence-electron chi connectivity index (χ3n) is 6.68. The van der Waals surface area contributed by atoms with E-state index in [1.807, 2.05) is 19.9 Å². The number of fused-ring (bicyclic) bond motifs is 3. The van der Waals surface area contributed by atoms with E-state index in [0.717, 1.165) is 26.3 Å². The third kappa shape index (κ3) is 2.78. The van der Waals surface area contributed by atoms with Gasteiger partial charge in [-0.15, -0.1) is 11.3 Å². The molecule has 1 atom stereocenters. The number of piperidine rings is 3. The molecule has 1 saturated carbocycles. The average Bonchev–Trinajstić information content (AvgIpc) is 3.30. The number of hydrogen-bond acceptors (Lipinski definition) is 4. The molecule has 6 rings (SSSR count). The second-order valence-electron chi connectivity index (χ2n) is 8.79. The highest BCUT2D eigenvalue weighted by atomic mass is 32.1. The molecule has 0 radical (unpaired) electrons. The van der Waals surface area contributed by atoms with Crippen LogP contribution in [0.1, 0.15) is 54.8 Å². The van der Waals surface area contributed by atoms with Crippen LogP contribution >= 0.6 is 11.3 Å². The standard InChI is InChI=1S/C22H28N2O2S/c1-13(2)26-18-14(3)4-5-16-12-17(27-19(16)18)21(25)23-20-15-6-10-24(11-7-15)22(20)8-9-22/h4-5,12-13,15,20H,6-11H2,1-3H3,(H,23,25)/t20-/m0/s1. The van der Waals surface area contributed by atoms with E-state index in [4.69, 9.17) is 4.74 Å². The number of benzene rings is 1. The van der Waals surface area contributed by atoms with Gasteiger partial charge in [0, 0.05) is 5.54 Å². The molecular formula is C22H28N2O2S. The van der Waals surface area contributed by atoms with E-state index in [9.17, 15) is 4.79 Å². The number of nitrogens with zero attached hydrogens (tertiary/aromatic N) is 1. The Bertz CT molecular complexity index is 891. The lowest BCUT2D eigenvalue weighted by Crippen LogP contribution is -2.65. The molecule has 1 N–H and O–H groups in total. The Balaban J connectivity index is 1.43. The summed E-state index contributed by atoms with van der Waals surface area (Å²) in [7, 11) is 0. The number of thiophene rings is 1. The van der Waals surface area contributed by atoms with E-state index in [1.54, 1.807) is 11.3 Å². The lowest BCUT2D eigenvalue weighted by Gasteiger charge is -2.52. The van der Waals surface area contributed by atoms with Gasteiger partial charge in [-0.25, -0.2) is 0 Å². The minimum absolute atomic E-state index is 0.0920. The molecule has 5 heteroatoms. The van der Waals surface area contributed by atoms with Crippen molar-refractivity contribution in [1.82, 2.24) is 10.2 Å². The summed E-state index contributed by atoms with van der Waals surface area (Å²) in [6, 6.07) is 6.54. The highest BCUT2D eigenvalue weighted by Gasteiger charge is 2.60. The highest BCUT2D eigenvalue weighted by molar-refractivity contribution is 7.21. The quantitative estimate of drug-likeness (QED) is 0.852. The number of carbonyl (C=O) groups excluding carboxylic acids is 1. The molecule has 1 spiro atoms. The molecule has 1 amide bonds. The second kappa shape index (κ2) is 6.21. The van der Waals surface area contributed by atoms with E-state index in [0.29, 0.717) is 12.0 Å². The molecule has 144 valence electrons. The Hall–Kier alpha value is -1.59. The van der Waals surface area contributed by atoms with Gasteiger partial charge in [0.15, 0.2) is 0 Å². The topological polar surface area (TPSA) is 41.6 Å². The summed E-state index contributed by atoms with van der Waals surface area (Å²) >= 11 is 1.57. The molecule has 4 aliphatic rings. The van der Waals surface area contributed by atoms with Gasteiger partial charge in [0.1, 0.15) is 5.75 Å². The van der Waals surface area contributed by atoms with Gasteiger partial charge in [0.05, 0.1) is 21.7 Å². The van der Waals surface area contributed by atoms with E-state index < -0.39 is 0 Å². The number of carbonyl (C=O) groups is 1. The van der Waals surface area contributed by atoms with Gasteiger partial charge in [0.2, 0.25) is 0 Å². The summed E-state index contributed by atoms with van der Waals surface area (Å²) in [6.45, 7) is 8.59. The van der Waals surface area contributed by atoms with Crippen LogP contribution < -0.4 is 10.1 Å². The third-order valence-corrected chi connectivity index (χ3v) is 7.83. The molecule has 2 bridgehead atoms. The van der Waals surface area contributed by atoms with Crippen molar-refractivity contribution >= 4 is 27.3 Å². The van der Waals surface area contributed by atoms with Crippen molar-refractivity contribution in [2.24, 2.45) is 5.92 Å². The maximum atomic E-state index is 13.1. The minimum atomic E-state index is 0.0920. The Morgan fingerprint density at radius 2 is 2.04 bits per heavy atom. The summed E-state index contributed by atoms with van der Waals surface area (Å²) in [5.74, 6) is 1.67. The van der Waals surface area contributed by atoms with Crippen LogP contribution in [0, 0.1) is 12.8 Å². The van der Waals surface area contributed by atoms with Crippen LogP contribution in [0.3, 0.4) is 0 Å². The van der Waals surface area contributed by atoms with Gasteiger partial charge in [-0.1, -0.05) is 12.1 Å². The summed E-state index contributed by atoms with van der Waals surface area (Å²) in [5, 5.41) is 4.54. The van der Waals surface area contributed by atoms with E-state index in [-0.39, 0.29) is 17.6 Å². The number of rotatable bonds is 4. The zero-order chi connectivity index (χ0) is 18.8. The van der Waals surface area contributed by atoms with Crippen LogP contribution in [-0.4, -0.2) is 41.6 Å². The van der Waals surface area contributed by atoms with Crippen molar-refractivity contribution in [2.45, 2.75) is 64.1 Å². The molecule has 3 aliphatic heterocycles. The van der Waals surface area contributed by atoms with Crippen molar-refractivity contribution in [3.8, 4) is 5.75 Å². The number of nitrogens with one attached hydrogen (secondary N) is 1. The molecular weight excluding hydrogens is 356 g/mol. The number of ether oxygens (including phenoxy) is 1. The maximum absolute atomic E-state index is 13.1. The first-order valence-corrected chi connectivity index (χ1v) is 11.1. The van der Waals surface area contributed by atoms with Gasteiger partial charge in [-0.05, 0) is 82.5 Å². The predicted octanol–water partition coefficient (Wildman–Crippen LogP) is 4.35. The first-order valence-electron chi connectivity index (χ1n) is 10.2. The van der Waals surface area contributed by atoms with Crippen LogP contribution in [-0.2, 0) is 0 Å². The molecule has 27 heavy (non-hydrogen) atoms. The number of hydrogen-bond donors (Lipinski definition) is 1. The molecule has 1 aromatic carbocycles. The summed E-state index contributed by atoms with van der Waals surface area (Å²) in [4.78, 5) is 16.6. The van der Waals surface area contributed by atoms with Crippen molar-refractivity contribution in [1.29, 1.82) is 0 Å². The Kier molecular flexibility index (Phi) is 4.03. The molecule has 4 heterocycles. The molecule has 0 unspecified atom stereocenters. The van der Waals surface area contributed by atoms with E-state index >= 15 is 0 Å². The number of amides is 1. The first-order chi connectivity index (χ1) is 13.0. The highest BCUT2D eigenvalue weighted by Crippen LogP contribution is 2.53. The Morgan fingerprint density at radius 1 is 1.30 bits per heavy atom. The fourth-order valence-corrected chi connectivity index (χ4v) is 6.31. The summed E-state index contributed by atoms with van der Waals surface area (Å²) in [6.07, 6.45) is 5.06. The lowest BCUT2D eigenvalue weighted by molar-refractivity contribution is -0.00138.